The van der Waals surface area contributed by atoms with Crippen molar-refractivity contribution >= 4 is 16.9 Å². The van der Waals surface area contributed by atoms with Crippen molar-refractivity contribution in [2.75, 3.05) is 26.7 Å². The number of hydrogen-bond acceptors (Lipinski definition) is 3. The maximum atomic E-state index is 13.0. The number of benzene rings is 1. The summed E-state index contributed by atoms with van der Waals surface area (Å²) in [6.45, 7) is 3.16. The molecule has 2 amide bonds. The first-order valence-corrected chi connectivity index (χ1v) is 9.87. The molecule has 2 aromatic heterocycles. The van der Waals surface area contributed by atoms with Crippen LogP contribution in [0.5, 0.6) is 0 Å². The Hall–Kier alpha value is -2.86. The van der Waals surface area contributed by atoms with Gasteiger partial charge in [0.15, 0.2) is 0 Å². The number of H-pyrrole nitrogens is 1. The molecule has 6 nitrogen and oxygen atoms in total. The van der Waals surface area contributed by atoms with E-state index in [1.54, 1.807) is 6.20 Å². The summed E-state index contributed by atoms with van der Waals surface area (Å²) in [6, 6.07) is 12.4. The van der Waals surface area contributed by atoms with E-state index in [0.717, 1.165) is 37.0 Å². The van der Waals surface area contributed by atoms with Gasteiger partial charge in [-0.05, 0) is 49.7 Å². The fraction of sp³-hybridized carbons (Fsp3) is 0.364. The first-order chi connectivity index (χ1) is 13.7. The Morgan fingerprint density at radius 3 is 3.00 bits per heavy atom. The predicted octanol–water partition coefficient (Wildman–Crippen LogP) is 3.02. The minimum atomic E-state index is 0.00370. The average Bonchev–Trinajstić information content (AvgIpc) is 3.32. The first kappa shape index (κ1) is 18.5. The van der Waals surface area contributed by atoms with E-state index in [2.05, 4.69) is 51.6 Å². The van der Waals surface area contributed by atoms with Gasteiger partial charge in [-0.15, -0.1) is 0 Å². The number of hydrogen-bond donors (Lipinski definition) is 2. The monoisotopic (exact) mass is 377 g/mol. The van der Waals surface area contributed by atoms with Crippen LogP contribution in [0.2, 0.25) is 0 Å². The van der Waals surface area contributed by atoms with E-state index >= 15 is 0 Å². The lowest BCUT2D eigenvalue weighted by Gasteiger charge is -2.25. The van der Waals surface area contributed by atoms with Crippen LogP contribution >= 0.6 is 0 Å². The number of pyridine rings is 1. The van der Waals surface area contributed by atoms with Crippen LogP contribution in [0.4, 0.5) is 4.79 Å². The number of aromatic amines is 1. The molecule has 1 saturated heterocycles. The molecule has 4 rings (SSSR count). The van der Waals surface area contributed by atoms with E-state index in [9.17, 15) is 4.79 Å². The van der Waals surface area contributed by atoms with Crippen LogP contribution in [-0.2, 0) is 13.0 Å². The minimum Gasteiger partial charge on any atom is -0.361 e. The number of likely N-dealkylation sites (N-methyl/N-ethyl adjacent to an activating group) is 1. The summed E-state index contributed by atoms with van der Waals surface area (Å²) in [4.78, 5) is 24.7. The van der Waals surface area contributed by atoms with Gasteiger partial charge in [-0.1, -0.05) is 24.3 Å². The van der Waals surface area contributed by atoms with E-state index in [4.69, 9.17) is 0 Å². The molecule has 146 valence electrons. The zero-order chi connectivity index (χ0) is 19.3. The van der Waals surface area contributed by atoms with Crippen LogP contribution in [0.25, 0.3) is 10.9 Å². The Kier molecular flexibility index (Phi) is 5.58. The molecule has 1 fully saturated rings. The van der Waals surface area contributed by atoms with Gasteiger partial charge < -0.3 is 20.1 Å². The highest BCUT2D eigenvalue weighted by molar-refractivity contribution is 5.83. The molecule has 28 heavy (non-hydrogen) atoms. The average molecular weight is 377 g/mol. The van der Waals surface area contributed by atoms with Crippen LogP contribution in [0, 0.1) is 0 Å². The van der Waals surface area contributed by atoms with Crippen molar-refractivity contribution in [1.29, 1.82) is 0 Å². The number of para-hydroxylation sites is 1. The first-order valence-electron chi connectivity index (χ1n) is 9.87. The van der Waals surface area contributed by atoms with Crippen LogP contribution in [-0.4, -0.2) is 58.5 Å². The molecule has 1 aliphatic heterocycles. The zero-order valence-electron chi connectivity index (χ0n) is 16.3. The summed E-state index contributed by atoms with van der Waals surface area (Å²) < 4.78 is 0. The number of carbonyl (C=O) groups excluding carboxylic acids is 1. The molecule has 6 heteroatoms. The summed E-state index contributed by atoms with van der Waals surface area (Å²) in [6.07, 6.45) is 7.45. The highest BCUT2D eigenvalue weighted by Gasteiger charge is 2.24. The lowest BCUT2D eigenvalue weighted by molar-refractivity contribution is 0.191. The Balaban J connectivity index is 1.46. The Bertz CT molecular complexity index is 923. The van der Waals surface area contributed by atoms with Gasteiger partial charge in [-0.25, -0.2) is 4.79 Å². The number of nitrogens with zero attached hydrogens (tertiary/aromatic N) is 3. The number of likely N-dealkylation sites (tertiary alicyclic amines) is 1. The second-order valence-electron chi connectivity index (χ2n) is 7.59. The third kappa shape index (κ3) is 4.34. The number of aromatic nitrogens is 2. The van der Waals surface area contributed by atoms with Gasteiger partial charge in [0.05, 0.1) is 0 Å². The largest absolute Gasteiger partial charge is 0.361 e. The predicted molar refractivity (Wildman–Crippen MR) is 111 cm³/mol. The molecule has 1 atom stereocenters. The van der Waals surface area contributed by atoms with Crippen LogP contribution in [0.1, 0.15) is 17.5 Å². The molecule has 0 bridgehead atoms. The van der Waals surface area contributed by atoms with E-state index in [0.29, 0.717) is 13.1 Å². The number of fused-ring (bicyclic) bond motifs is 1. The summed E-state index contributed by atoms with van der Waals surface area (Å²) in [5.41, 5.74) is 3.41. The summed E-state index contributed by atoms with van der Waals surface area (Å²) in [5, 5.41) is 4.44. The zero-order valence-corrected chi connectivity index (χ0v) is 16.3. The second-order valence-corrected chi connectivity index (χ2v) is 7.59. The molecule has 1 aliphatic rings. The fourth-order valence-corrected chi connectivity index (χ4v) is 3.88. The maximum Gasteiger partial charge on any atom is 0.317 e. The van der Waals surface area contributed by atoms with Gasteiger partial charge in [0.1, 0.15) is 0 Å². The molecule has 1 aromatic carbocycles. The second kappa shape index (κ2) is 8.44. The van der Waals surface area contributed by atoms with Crippen LogP contribution in [0.3, 0.4) is 0 Å². The van der Waals surface area contributed by atoms with Crippen molar-refractivity contribution in [2.45, 2.75) is 25.4 Å². The van der Waals surface area contributed by atoms with Crippen molar-refractivity contribution in [3.8, 4) is 0 Å². The molecular formula is C22H27N5O. The molecule has 3 heterocycles. The quantitative estimate of drug-likeness (QED) is 0.694. The summed E-state index contributed by atoms with van der Waals surface area (Å²) in [5.74, 6) is 0. The molecule has 0 unspecified atom stereocenters. The van der Waals surface area contributed by atoms with Gasteiger partial charge in [-0.2, -0.15) is 0 Å². The van der Waals surface area contributed by atoms with Crippen molar-refractivity contribution in [3.63, 3.8) is 0 Å². The molecule has 0 spiro atoms. The molecular weight excluding hydrogens is 350 g/mol. The van der Waals surface area contributed by atoms with E-state index in [1.807, 2.05) is 29.3 Å². The number of amides is 2. The van der Waals surface area contributed by atoms with Gasteiger partial charge in [0.25, 0.3) is 0 Å². The van der Waals surface area contributed by atoms with Crippen molar-refractivity contribution < 1.29 is 4.79 Å². The lowest BCUT2D eigenvalue weighted by atomic mass is 10.1. The van der Waals surface area contributed by atoms with Gasteiger partial charge >= 0.3 is 6.03 Å². The van der Waals surface area contributed by atoms with Crippen molar-refractivity contribution in [2.24, 2.45) is 0 Å². The fourth-order valence-electron chi connectivity index (χ4n) is 3.88. The number of urea groups is 1. The van der Waals surface area contributed by atoms with Crippen molar-refractivity contribution in [3.05, 3.63) is 66.1 Å². The van der Waals surface area contributed by atoms with E-state index in [1.165, 1.54) is 10.9 Å². The third-order valence-electron chi connectivity index (χ3n) is 5.43. The summed E-state index contributed by atoms with van der Waals surface area (Å²) >= 11 is 0. The molecule has 2 N–H and O–H groups in total. The number of nitrogens with one attached hydrogen (secondary N) is 2. The Morgan fingerprint density at radius 2 is 2.21 bits per heavy atom. The van der Waals surface area contributed by atoms with Crippen LogP contribution < -0.4 is 5.32 Å². The maximum absolute atomic E-state index is 13.0. The third-order valence-corrected chi connectivity index (χ3v) is 5.43. The summed E-state index contributed by atoms with van der Waals surface area (Å²) in [7, 11) is 2.09. The Morgan fingerprint density at radius 1 is 1.32 bits per heavy atom. The van der Waals surface area contributed by atoms with Crippen LogP contribution in [0.15, 0.2) is 55.0 Å². The van der Waals surface area contributed by atoms with E-state index < -0.39 is 0 Å². The highest BCUT2D eigenvalue weighted by atomic mass is 16.2. The topological polar surface area (TPSA) is 64.3 Å². The molecule has 0 saturated carbocycles. The molecule has 3 aromatic rings. The SMILES string of the molecule is CN1CC[C@@H](NC(=O)N(CCc2c[nH]c3ccccc23)Cc2cccnc2)C1. The van der Waals surface area contributed by atoms with Gasteiger partial charge in [0.2, 0.25) is 0 Å². The number of rotatable bonds is 6. The molecule has 0 radical (unpaired) electrons. The molecule has 0 aliphatic carbocycles. The van der Waals surface area contributed by atoms with Gasteiger partial charge in [-0.3, -0.25) is 4.98 Å². The Labute approximate surface area is 165 Å². The smallest absolute Gasteiger partial charge is 0.317 e. The standard InChI is InChI=1S/C22H27N5O/c1-26-11-9-19(16-26)25-22(28)27(15-17-5-4-10-23-13-17)12-8-18-14-24-21-7-3-2-6-20(18)21/h2-7,10,13-14,19,24H,8-9,11-12,15-16H2,1H3,(H,25,28)/t19-/m1/s1. The van der Waals surface area contributed by atoms with Gasteiger partial charge in [0, 0.05) is 55.2 Å². The van der Waals surface area contributed by atoms with Crippen molar-refractivity contribution in [1.82, 2.24) is 25.1 Å². The lowest BCUT2D eigenvalue weighted by Crippen LogP contribution is -2.46. The normalized spacial score (nSPS) is 17.1. The highest BCUT2D eigenvalue weighted by Crippen LogP contribution is 2.19. The minimum absolute atomic E-state index is 0.00370. The van der Waals surface area contributed by atoms with E-state index in [-0.39, 0.29) is 12.1 Å². The number of carbonyl (C=O) groups is 1.